The Morgan fingerprint density at radius 3 is 2.91 bits per heavy atom. The van der Waals surface area contributed by atoms with E-state index in [9.17, 15) is 15.0 Å². The molecule has 0 unspecified atom stereocenters. The Kier molecular flexibility index (Phi) is 4.15. The van der Waals surface area contributed by atoms with E-state index in [0.29, 0.717) is 18.5 Å². The molecule has 1 aliphatic heterocycles. The van der Waals surface area contributed by atoms with Gasteiger partial charge >= 0.3 is 0 Å². The highest BCUT2D eigenvalue weighted by atomic mass is 16.3. The van der Waals surface area contributed by atoms with Gasteiger partial charge in [-0.1, -0.05) is 12.1 Å². The van der Waals surface area contributed by atoms with Crippen LogP contribution in [0.4, 0.5) is 0 Å². The topological polar surface area (TPSA) is 73.7 Å². The number of amides is 1. The largest absolute Gasteiger partial charge is 0.393 e. The number of aryl methyl sites for hydroxylation is 1. The molecular weight excluding hydrogens is 292 g/mol. The maximum atomic E-state index is 12.6. The first-order valence-corrected chi connectivity index (χ1v) is 7.66. The molecule has 5 nitrogen and oxygen atoms in total. The monoisotopic (exact) mass is 312 g/mol. The van der Waals surface area contributed by atoms with Gasteiger partial charge in [-0.3, -0.25) is 9.78 Å². The Hall–Kier alpha value is -2.24. The van der Waals surface area contributed by atoms with Crippen LogP contribution in [-0.2, 0) is 0 Å². The van der Waals surface area contributed by atoms with Gasteiger partial charge in [0, 0.05) is 24.5 Å². The number of benzene rings is 1. The number of β-amino-alcohol motifs (C(OH)–C–C–N with tert-alkyl or cyclic N) is 1. The van der Waals surface area contributed by atoms with E-state index in [2.05, 4.69) is 4.98 Å². The van der Waals surface area contributed by atoms with Crippen molar-refractivity contribution in [1.82, 2.24) is 9.88 Å². The number of rotatable bonds is 3. The van der Waals surface area contributed by atoms with Gasteiger partial charge in [0.25, 0.3) is 5.91 Å². The molecule has 1 fully saturated rings. The summed E-state index contributed by atoms with van der Waals surface area (Å²) in [6.07, 6.45) is 3.93. The fraction of sp³-hybridized carbons (Fsp3) is 0.333. The summed E-state index contributed by atoms with van der Waals surface area (Å²) < 4.78 is 0. The molecule has 120 valence electrons. The van der Waals surface area contributed by atoms with Gasteiger partial charge in [-0.25, -0.2) is 0 Å². The standard InChI is InChI=1S/C18H20N2O3/c1-13-10-19-7-5-16(13)14-3-2-4-15(9-14)17(22)20-8-6-18(23,11-20)12-21/h2-5,7,9-10,21,23H,6,8,11-12H2,1H3/t18-/m0/s1. The summed E-state index contributed by atoms with van der Waals surface area (Å²) in [6, 6.07) is 9.39. The molecule has 0 aliphatic carbocycles. The number of aliphatic hydroxyl groups is 2. The zero-order chi connectivity index (χ0) is 16.4. The van der Waals surface area contributed by atoms with E-state index in [1.807, 2.05) is 31.2 Å². The molecule has 0 bridgehead atoms. The minimum Gasteiger partial charge on any atom is -0.393 e. The van der Waals surface area contributed by atoms with Gasteiger partial charge in [0.2, 0.25) is 0 Å². The Bertz CT molecular complexity index is 732. The first-order valence-electron chi connectivity index (χ1n) is 7.66. The van der Waals surface area contributed by atoms with Crippen molar-refractivity contribution in [2.75, 3.05) is 19.7 Å². The summed E-state index contributed by atoms with van der Waals surface area (Å²) in [6.45, 7) is 2.28. The summed E-state index contributed by atoms with van der Waals surface area (Å²) in [4.78, 5) is 18.3. The van der Waals surface area contributed by atoms with Crippen molar-refractivity contribution in [3.8, 4) is 11.1 Å². The molecule has 23 heavy (non-hydrogen) atoms. The van der Waals surface area contributed by atoms with Crippen molar-refractivity contribution >= 4 is 5.91 Å². The normalized spacial score (nSPS) is 20.7. The number of carbonyl (C=O) groups excluding carboxylic acids is 1. The van der Waals surface area contributed by atoms with Crippen molar-refractivity contribution in [1.29, 1.82) is 0 Å². The van der Waals surface area contributed by atoms with Crippen LogP contribution in [0.3, 0.4) is 0 Å². The SMILES string of the molecule is Cc1cnccc1-c1cccc(C(=O)N2CC[C@@](O)(CO)C2)c1. The number of likely N-dealkylation sites (tertiary alicyclic amines) is 1. The molecule has 2 N–H and O–H groups in total. The number of hydrogen-bond donors (Lipinski definition) is 2. The highest BCUT2D eigenvalue weighted by Gasteiger charge is 2.37. The minimum atomic E-state index is -1.17. The third kappa shape index (κ3) is 3.11. The first kappa shape index (κ1) is 15.6. The molecule has 2 aromatic rings. The number of nitrogens with zero attached hydrogens (tertiary/aromatic N) is 2. The zero-order valence-electron chi connectivity index (χ0n) is 13.1. The van der Waals surface area contributed by atoms with Crippen LogP contribution in [0.25, 0.3) is 11.1 Å². The van der Waals surface area contributed by atoms with Crippen molar-refractivity contribution < 1.29 is 15.0 Å². The Balaban J connectivity index is 1.86. The second kappa shape index (κ2) is 6.10. The van der Waals surface area contributed by atoms with E-state index in [0.717, 1.165) is 16.7 Å². The zero-order valence-corrected chi connectivity index (χ0v) is 13.1. The molecule has 1 amide bonds. The number of pyridine rings is 1. The molecule has 0 spiro atoms. The lowest BCUT2D eigenvalue weighted by Crippen LogP contribution is -2.38. The van der Waals surface area contributed by atoms with E-state index in [4.69, 9.17) is 0 Å². The van der Waals surface area contributed by atoms with Gasteiger partial charge in [-0.2, -0.15) is 0 Å². The molecule has 1 atom stereocenters. The van der Waals surface area contributed by atoms with E-state index in [1.165, 1.54) is 0 Å². The molecule has 3 rings (SSSR count). The van der Waals surface area contributed by atoms with E-state index in [-0.39, 0.29) is 19.1 Å². The smallest absolute Gasteiger partial charge is 0.253 e. The molecule has 5 heteroatoms. The molecule has 0 radical (unpaired) electrons. The molecule has 1 saturated heterocycles. The lowest BCUT2D eigenvalue weighted by atomic mass is 10.0. The quantitative estimate of drug-likeness (QED) is 0.903. The molecule has 1 aliphatic rings. The van der Waals surface area contributed by atoms with Crippen LogP contribution in [0.1, 0.15) is 22.3 Å². The Labute approximate surface area is 135 Å². The number of aromatic nitrogens is 1. The van der Waals surface area contributed by atoms with Crippen LogP contribution in [0.5, 0.6) is 0 Å². The number of aliphatic hydroxyl groups excluding tert-OH is 1. The maximum Gasteiger partial charge on any atom is 0.253 e. The maximum absolute atomic E-state index is 12.6. The number of hydrogen-bond acceptors (Lipinski definition) is 4. The summed E-state index contributed by atoms with van der Waals surface area (Å²) >= 11 is 0. The van der Waals surface area contributed by atoms with Gasteiger partial charge in [-0.05, 0) is 48.2 Å². The highest BCUT2D eigenvalue weighted by molar-refractivity contribution is 5.95. The van der Waals surface area contributed by atoms with Gasteiger partial charge < -0.3 is 15.1 Å². The fourth-order valence-electron chi connectivity index (χ4n) is 2.96. The van der Waals surface area contributed by atoms with Crippen molar-refractivity contribution in [2.45, 2.75) is 18.9 Å². The number of carbonyl (C=O) groups is 1. The van der Waals surface area contributed by atoms with Crippen LogP contribution in [0, 0.1) is 6.92 Å². The van der Waals surface area contributed by atoms with Gasteiger partial charge in [0.1, 0.15) is 5.60 Å². The fourth-order valence-corrected chi connectivity index (χ4v) is 2.96. The second-order valence-electron chi connectivity index (χ2n) is 6.13. The summed E-state index contributed by atoms with van der Waals surface area (Å²) in [5.74, 6) is -0.122. The minimum absolute atomic E-state index is 0.122. The van der Waals surface area contributed by atoms with Gasteiger partial charge in [-0.15, -0.1) is 0 Å². The Morgan fingerprint density at radius 1 is 1.39 bits per heavy atom. The van der Waals surface area contributed by atoms with Gasteiger partial charge in [0.05, 0.1) is 13.2 Å². The molecule has 1 aromatic heterocycles. The molecular formula is C18H20N2O3. The van der Waals surface area contributed by atoms with Crippen LogP contribution in [-0.4, -0.2) is 51.3 Å². The average molecular weight is 312 g/mol. The highest BCUT2D eigenvalue weighted by Crippen LogP contribution is 2.26. The van der Waals surface area contributed by atoms with Gasteiger partial charge in [0.15, 0.2) is 0 Å². The Morgan fingerprint density at radius 2 is 2.22 bits per heavy atom. The summed E-state index contributed by atoms with van der Waals surface area (Å²) in [5.41, 5.74) is 2.47. The van der Waals surface area contributed by atoms with Crippen LogP contribution < -0.4 is 0 Å². The van der Waals surface area contributed by atoms with Crippen LogP contribution >= 0.6 is 0 Å². The van der Waals surface area contributed by atoms with Crippen LogP contribution in [0.15, 0.2) is 42.7 Å². The van der Waals surface area contributed by atoms with Crippen LogP contribution in [0.2, 0.25) is 0 Å². The van der Waals surface area contributed by atoms with Crippen molar-refractivity contribution in [3.63, 3.8) is 0 Å². The average Bonchev–Trinajstić information content (AvgIpc) is 2.98. The lowest BCUT2D eigenvalue weighted by molar-refractivity contribution is -0.00455. The first-order chi connectivity index (χ1) is 11.0. The summed E-state index contributed by atoms with van der Waals surface area (Å²) in [7, 11) is 0. The van der Waals surface area contributed by atoms with E-state index >= 15 is 0 Å². The van der Waals surface area contributed by atoms with E-state index < -0.39 is 5.60 Å². The molecule has 2 heterocycles. The predicted molar refractivity (Wildman–Crippen MR) is 87.0 cm³/mol. The molecule has 0 saturated carbocycles. The third-order valence-corrected chi connectivity index (χ3v) is 4.35. The second-order valence-corrected chi connectivity index (χ2v) is 6.13. The summed E-state index contributed by atoms with van der Waals surface area (Å²) in [5, 5.41) is 19.3. The predicted octanol–water partition coefficient (Wildman–Crippen LogP) is 1.63. The molecule has 1 aromatic carbocycles. The lowest BCUT2D eigenvalue weighted by Gasteiger charge is -2.21. The van der Waals surface area contributed by atoms with Crippen molar-refractivity contribution in [3.05, 3.63) is 53.9 Å². The third-order valence-electron chi connectivity index (χ3n) is 4.35. The van der Waals surface area contributed by atoms with Crippen molar-refractivity contribution in [2.24, 2.45) is 0 Å². The van der Waals surface area contributed by atoms with E-state index in [1.54, 1.807) is 23.4 Å².